The van der Waals surface area contributed by atoms with Crippen molar-refractivity contribution in [1.82, 2.24) is 4.90 Å². The number of rotatable bonds is 4. The summed E-state index contributed by atoms with van der Waals surface area (Å²) in [4.78, 5) is 2.53. The number of thioether (sulfide) groups is 1. The average Bonchev–Trinajstić information content (AvgIpc) is 2.38. The van der Waals surface area contributed by atoms with Crippen molar-refractivity contribution in [2.75, 3.05) is 26.0 Å². The van der Waals surface area contributed by atoms with Gasteiger partial charge in [-0.15, -0.1) is 0 Å². The largest absolute Gasteiger partial charge is 0.497 e. The maximum absolute atomic E-state index is 6.28. The summed E-state index contributed by atoms with van der Waals surface area (Å²) in [7, 11) is 1.70. The first-order valence-corrected chi connectivity index (χ1v) is 8.19. The van der Waals surface area contributed by atoms with E-state index in [1.165, 1.54) is 11.3 Å². The second kappa shape index (κ2) is 6.37. The molecule has 0 aliphatic carbocycles. The van der Waals surface area contributed by atoms with Crippen molar-refractivity contribution < 1.29 is 4.74 Å². The molecule has 2 unspecified atom stereocenters. The maximum atomic E-state index is 6.28. The lowest BCUT2D eigenvalue weighted by molar-refractivity contribution is 0.168. The average molecular weight is 294 g/mol. The highest BCUT2D eigenvalue weighted by atomic mass is 32.2. The van der Waals surface area contributed by atoms with Gasteiger partial charge >= 0.3 is 0 Å². The number of methoxy groups -OCH3 is 1. The molecular formula is C16H26N2OS. The van der Waals surface area contributed by atoms with E-state index >= 15 is 0 Å². The summed E-state index contributed by atoms with van der Waals surface area (Å²) in [6, 6.07) is 8.72. The van der Waals surface area contributed by atoms with Crippen LogP contribution in [0, 0.1) is 0 Å². The first kappa shape index (κ1) is 15.7. The van der Waals surface area contributed by atoms with Gasteiger partial charge in [0.05, 0.1) is 7.11 Å². The summed E-state index contributed by atoms with van der Waals surface area (Å²) in [6.45, 7) is 8.91. The van der Waals surface area contributed by atoms with Gasteiger partial charge < -0.3 is 10.5 Å². The lowest BCUT2D eigenvalue weighted by Gasteiger charge is -2.43. The smallest absolute Gasteiger partial charge is 0.118 e. The molecule has 112 valence electrons. The molecule has 0 aromatic heterocycles. The summed E-state index contributed by atoms with van der Waals surface area (Å²) < 4.78 is 5.54. The van der Waals surface area contributed by atoms with Crippen LogP contribution in [0.1, 0.15) is 32.4 Å². The van der Waals surface area contributed by atoms with Gasteiger partial charge in [-0.25, -0.2) is 0 Å². The molecule has 1 aromatic carbocycles. The number of hydrogen-bond acceptors (Lipinski definition) is 4. The van der Waals surface area contributed by atoms with Crippen molar-refractivity contribution in [2.24, 2.45) is 5.73 Å². The molecule has 0 radical (unpaired) electrons. The van der Waals surface area contributed by atoms with Crippen molar-refractivity contribution in [3.63, 3.8) is 0 Å². The van der Waals surface area contributed by atoms with Gasteiger partial charge in [-0.2, -0.15) is 11.8 Å². The minimum absolute atomic E-state index is 0.113. The standard InChI is InChI=1S/C16H26N2OS/c1-12(17)15(13-5-7-14(19-4)8-6-13)18-9-10-20-16(2,3)11-18/h5-8,12,15H,9-11,17H2,1-4H3. The van der Waals surface area contributed by atoms with Crippen LogP contribution in [0.4, 0.5) is 0 Å². The molecular weight excluding hydrogens is 268 g/mol. The van der Waals surface area contributed by atoms with E-state index in [2.05, 4.69) is 49.6 Å². The van der Waals surface area contributed by atoms with Crippen LogP contribution in [0.2, 0.25) is 0 Å². The van der Waals surface area contributed by atoms with Gasteiger partial charge in [0.2, 0.25) is 0 Å². The quantitative estimate of drug-likeness (QED) is 0.926. The monoisotopic (exact) mass is 294 g/mol. The third kappa shape index (κ3) is 3.68. The van der Waals surface area contributed by atoms with Crippen LogP contribution in [0.15, 0.2) is 24.3 Å². The third-order valence-corrected chi connectivity index (χ3v) is 5.10. The second-order valence-corrected chi connectivity index (χ2v) is 7.96. The minimum atomic E-state index is 0.113. The van der Waals surface area contributed by atoms with Crippen LogP contribution in [-0.2, 0) is 0 Å². The zero-order chi connectivity index (χ0) is 14.8. The minimum Gasteiger partial charge on any atom is -0.497 e. The predicted octanol–water partition coefficient (Wildman–Crippen LogP) is 2.91. The Morgan fingerprint density at radius 3 is 2.45 bits per heavy atom. The summed E-state index contributed by atoms with van der Waals surface area (Å²) >= 11 is 2.05. The van der Waals surface area contributed by atoms with Crippen LogP contribution >= 0.6 is 11.8 Å². The Labute approximate surface area is 126 Å². The number of benzene rings is 1. The van der Waals surface area contributed by atoms with Crippen LogP contribution in [0.25, 0.3) is 0 Å². The first-order valence-electron chi connectivity index (χ1n) is 7.20. The van der Waals surface area contributed by atoms with Gasteiger partial charge in [-0.1, -0.05) is 12.1 Å². The number of nitrogens with zero attached hydrogens (tertiary/aromatic N) is 1. The molecule has 2 atom stereocenters. The third-order valence-electron chi connectivity index (χ3n) is 3.80. The molecule has 1 aliphatic rings. The van der Waals surface area contributed by atoms with Gasteiger partial charge in [0, 0.05) is 35.7 Å². The molecule has 4 heteroatoms. The SMILES string of the molecule is COc1ccc(C(C(C)N)N2CCSC(C)(C)C2)cc1. The fourth-order valence-electron chi connectivity index (χ4n) is 2.94. The van der Waals surface area contributed by atoms with Crippen LogP contribution in [0.5, 0.6) is 5.75 Å². The van der Waals surface area contributed by atoms with E-state index in [-0.39, 0.29) is 12.1 Å². The molecule has 0 saturated carbocycles. The Balaban J connectivity index is 2.21. The van der Waals surface area contributed by atoms with Crippen molar-refractivity contribution >= 4 is 11.8 Å². The Hall–Kier alpha value is -0.710. The molecule has 20 heavy (non-hydrogen) atoms. The van der Waals surface area contributed by atoms with E-state index in [0.717, 1.165) is 18.8 Å². The topological polar surface area (TPSA) is 38.5 Å². The van der Waals surface area contributed by atoms with E-state index in [0.29, 0.717) is 4.75 Å². The predicted molar refractivity (Wildman–Crippen MR) is 87.5 cm³/mol. The molecule has 3 nitrogen and oxygen atoms in total. The summed E-state index contributed by atoms with van der Waals surface area (Å²) in [6.07, 6.45) is 0. The highest BCUT2D eigenvalue weighted by Crippen LogP contribution is 2.35. The lowest BCUT2D eigenvalue weighted by Crippen LogP contribution is -2.49. The molecule has 1 fully saturated rings. The van der Waals surface area contributed by atoms with Crippen LogP contribution in [0.3, 0.4) is 0 Å². The number of hydrogen-bond donors (Lipinski definition) is 1. The van der Waals surface area contributed by atoms with Crippen LogP contribution in [-0.4, -0.2) is 41.6 Å². The summed E-state index contributed by atoms with van der Waals surface area (Å²) in [5.41, 5.74) is 7.56. The Morgan fingerprint density at radius 2 is 1.95 bits per heavy atom. The molecule has 1 saturated heterocycles. The van der Waals surface area contributed by atoms with Crippen molar-refractivity contribution in [1.29, 1.82) is 0 Å². The van der Waals surface area contributed by atoms with Gasteiger partial charge in [-0.3, -0.25) is 4.90 Å². The molecule has 1 heterocycles. The molecule has 1 aromatic rings. The summed E-state index contributed by atoms with van der Waals surface area (Å²) in [5, 5.41) is 0. The zero-order valence-electron chi connectivity index (χ0n) is 12.9. The Morgan fingerprint density at radius 1 is 1.30 bits per heavy atom. The Kier molecular flexibility index (Phi) is 4.99. The van der Waals surface area contributed by atoms with Crippen molar-refractivity contribution in [2.45, 2.75) is 37.6 Å². The van der Waals surface area contributed by atoms with E-state index in [1.807, 2.05) is 12.1 Å². The number of ether oxygens (including phenoxy) is 1. The molecule has 1 aliphatic heterocycles. The van der Waals surface area contributed by atoms with Crippen molar-refractivity contribution in [3.05, 3.63) is 29.8 Å². The molecule has 0 bridgehead atoms. The maximum Gasteiger partial charge on any atom is 0.118 e. The van der Waals surface area contributed by atoms with Crippen molar-refractivity contribution in [3.8, 4) is 5.75 Å². The Bertz CT molecular complexity index is 431. The normalized spacial score (nSPS) is 22.2. The number of nitrogens with two attached hydrogens (primary N) is 1. The zero-order valence-corrected chi connectivity index (χ0v) is 13.7. The highest BCUT2D eigenvalue weighted by molar-refractivity contribution is 8.00. The molecule has 2 rings (SSSR count). The second-order valence-electron chi connectivity index (χ2n) is 6.16. The van der Waals surface area contributed by atoms with E-state index in [1.54, 1.807) is 7.11 Å². The molecule has 0 spiro atoms. The van der Waals surface area contributed by atoms with E-state index in [4.69, 9.17) is 10.5 Å². The van der Waals surface area contributed by atoms with Gasteiger partial charge in [-0.05, 0) is 38.5 Å². The fourth-order valence-corrected chi connectivity index (χ4v) is 4.07. The van der Waals surface area contributed by atoms with E-state index in [9.17, 15) is 0 Å². The summed E-state index contributed by atoms with van der Waals surface area (Å²) in [5.74, 6) is 2.07. The fraction of sp³-hybridized carbons (Fsp3) is 0.625. The molecule has 2 N–H and O–H groups in total. The lowest BCUT2D eigenvalue weighted by atomic mass is 9.97. The highest BCUT2D eigenvalue weighted by Gasteiger charge is 2.33. The molecule has 0 amide bonds. The van der Waals surface area contributed by atoms with E-state index < -0.39 is 0 Å². The van der Waals surface area contributed by atoms with Gasteiger partial charge in [0.1, 0.15) is 5.75 Å². The van der Waals surface area contributed by atoms with Gasteiger partial charge in [0.25, 0.3) is 0 Å². The first-order chi connectivity index (χ1) is 9.43. The van der Waals surface area contributed by atoms with Gasteiger partial charge in [0.15, 0.2) is 0 Å². The van der Waals surface area contributed by atoms with Crippen LogP contribution < -0.4 is 10.5 Å².